The highest BCUT2D eigenvalue weighted by Gasteiger charge is 2.13. The number of aliphatic hydroxyl groups excluding tert-OH is 1. The van der Waals surface area contributed by atoms with Crippen molar-refractivity contribution < 1.29 is 9.90 Å². The molecule has 0 fully saturated rings. The van der Waals surface area contributed by atoms with Gasteiger partial charge in [0.15, 0.2) is 0 Å². The first-order chi connectivity index (χ1) is 7.17. The van der Waals surface area contributed by atoms with Crippen LogP contribution in [0.2, 0.25) is 0 Å². The number of urea groups is 1. The van der Waals surface area contributed by atoms with Crippen LogP contribution in [0.15, 0.2) is 0 Å². The van der Waals surface area contributed by atoms with Crippen molar-refractivity contribution in [2.75, 3.05) is 33.3 Å². The summed E-state index contributed by atoms with van der Waals surface area (Å²) in [4.78, 5) is 15.3. The summed E-state index contributed by atoms with van der Waals surface area (Å²) in [6.07, 6.45) is 2.77. The summed E-state index contributed by atoms with van der Waals surface area (Å²) >= 11 is 0. The van der Waals surface area contributed by atoms with E-state index in [0.717, 1.165) is 38.9 Å². The predicted molar refractivity (Wildman–Crippen MR) is 61.9 cm³/mol. The van der Waals surface area contributed by atoms with E-state index in [1.807, 2.05) is 25.8 Å². The Morgan fingerprint density at radius 1 is 1.13 bits per heavy atom. The highest BCUT2D eigenvalue weighted by Crippen LogP contribution is 2.01. The molecule has 0 rings (SSSR count). The third-order valence-electron chi connectivity index (χ3n) is 2.51. The highest BCUT2D eigenvalue weighted by atomic mass is 16.2. The van der Waals surface area contributed by atoms with Gasteiger partial charge in [0.05, 0.1) is 0 Å². The Labute approximate surface area is 92.9 Å². The van der Waals surface area contributed by atoms with Gasteiger partial charge in [-0.2, -0.15) is 0 Å². The Morgan fingerprint density at radius 3 is 2.20 bits per heavy atom. The number of hydrogen-bond acceptors (Lipinski definition) is 2. The molecule has 2 amide bonds. The van der Waals surface area contributed by atoms with E-state index < -0.39 is 0 Å². The Hall–Kier alpha value is -0.770. The third kappa shape index (κ3) is 5.62. The van der Waals surface area contributed by atoms with Gasteiger partial charge in [0.1, 0.15) is 0 Å². The summed E-state index contributed by atoms with van der Waals surface area (Å²) in [5, 5.41) is 8.62. The molecule has 0 atom stereocenters. The molecule has 0 unspecified atom stereocenters. The molecule has 0 aliphatic carbocycles. The van der Waals surface area contributed by atoms with Crippen LogP contribution in [-0.4, -0.2) is 54.2 Å². The molecule has 0 aliphatic rings. The van der Waals surface area contributed by atoms with E-state index in [2.05, 4.69) is 0 Å². The van der Waals surface area contributed by atoms with E-state index in [-0.39, 0.29) is 12.6 Å². The first-order valence-corrected chi connectivity index (χ1v) is 5.78. The molecule has 0 saturated heterocycles. The van der Waals surface area contributed by atoms with Gasteiger partial charge in [-0.15, -0.1) is 0 Å². The lowest BCUT2D eigenvalue weighted by atomic mass is 10.2. The number of carbonyl (C=O) groups excluding carboxylic acids is 1. The topological polar surface area (TPSA) is 43.8 Å². The highest BCUT2D eigenvalue weighted by molar-refractivity contribution is 5.74. The Bertz CT molecular complexity index is 170. The van der Waals surface area contributed by atoms with Crippen molar-refractivity contribution in [1.29, 1.82) is 0 Å². The number of amides is 2. The van der Waals surface area contributed by atoms with E-state index in [1.165, 1.54) is 0 Å². The summed E-state index contributed by atoms with van der Waals surface area (Å²) in [5.41, 5.74) is 0. The molecular weight excluding hydrogens is 192 g/mol. The van der Waals surface area contributed by atoms with Crippen LogP contribution in [0.1, 0.15) is 33.1 Å². The fourth-order valence-corrected chi connectivity index (χ4v) is 1.47. The average Bonchev–Trinajstić information content (AvgIpc) is 2.25. The van der Waals surface area contributed by atoms with Crippen LogP contribution >= 0.6 is 0 Å². The molecule has 15 heavy (non-hydrogen) atoms. The number of hydrogen-bond donors (Lipinski definition) is 1. The summed E-state index contributed by atoms with van der Waals surface area (Å²) < 4.78 is 0. The van der Waals surface area contributed by atoms with Crippen molar-refractivity contribution in [3.63, 3.8) is 0 Å². The molecule has 0 heterocycles. The van der Waals surface area contributed by atoms with Crippen molar-refractivity contribution in [3.05, 3.63) is 0 Å². The molecule has 0 spiro atoms. The number of aliphatic hydroxyl groups is 1. The summed E-state index contributed by atoms with van der Waals surface area (Å²) in [5.74, 6) is 0. The summed E-state index contributed by atoms with van der Waals surface area (Å²) in [7, 11) is 1.83. The van der Waals surface area contributed by atoms with Crippen LogP contribution in [0.25, 0.3) is 0 Å². The van der Waals surface area contributed by atoms with Gasteiger partial charge in [0.25, 0.3) is 0 Å². The van der Waals surface area contributed by atoms with Crippen molar-refractivity contribution in [1.82, 2.24) is 9.80 Å². The lowest BCUT2D eigenvalue weighted by molar-refractivity contribution is 0.166. The maximum atomic E-state index is 11.8. The zero-order valence-corrected chi connectivity index (χ0v) is 10.2. The van der Waals surface area contributed by atoms with Crippen LogP contribution in [0.4, 0.5) is 4.79 Å². The number of carbonyl (C=O) groups is 1. The zero-order chi connectivity index (χ0) is 11.7. The summed E-state index contributed by atoms with van der Waals surface area (Å²) in [6.45, 7) is 6.51. The Kier molecular flexibility index (Phi) is 8.09. The second-order valence-corrected chi connectivity index (χ2v) is 3.66. The standard InChI is InChI=1S/C11H24N2O2/c1-4-13(5-2)11(15)12(3)9-7-6-8-10-14/h14H,4-10H2,1-3H3. The fourth-order valence-electron chi connectivity index (χ4n) is 1.47. The SMILES string of the molecule is CCN(CC)C(=O)N(C)CCCCCO. The Morgan fingerprint density at radius 2 is 1.73 bits per heavy atom. The molecule has 0 aromatic heterocycles. The van der Waals surface area contributed by atoms with Gasteiger partial charge >= 0.3 is 6.03 Å². The van der Waals surface area contributed by atoms with Crippen LogP contribution in [0.3, 0.4) is 0 Å². The molecule has 4 heteroatoms. The molecule has 4 nitrogen and oxygen atoms in total. The van der Waals surface area contributed by atoms with Crippen LogP contribution in [-0.2, 0) is 0 Å². The van der Waals surface area contributed by atoms with E-state index in [4.69, 9.17) is 5.11 Å². The quantitative estimate of drug-likeness (QED) is 0.656. The third-order valence-corrected chi connectivity index (χ3v) is 2.51. The molecule has 0 aliphatic heterocycles. The van der Waals surface area contributed by atoms with Crippen molar-refractivity contribution in [3.8, 4) is 0 Å². The first kappa shape index (κ1) is 14.2. The molecular formula is C11H24N2O2. The van der Waals surface area contributed by atoms with Crippen LogP contribution in [0, 0.1) is 0 Å². The number of rotatable bonds is 7. The lowest BCUT2D eigenvalue weighted by Gasteiger charge is -2.26. The molecule has 0 saturated carbocycles. The minimum Gasteiger partial charge on any atom is -0.396 e. The maximum absolute atomic E-state index is 11.8. The maximum Gasteiger partial charge on any atom is 0.319 e. The predicted octanol–water partition coefficient (Wildman–Crippen LogP) is 1.54. The van der Waals surface area contributed by atoms with Gasteiger partial charge in [-0.25, -0.2) is 4.79 Å². The molecule has 1 N–H and O–H groups in total. The van der Waals surface area contributed by atoms with Gasteiger partial charge < -0.3 is 14.9 Å². The van der Waals surface area contributed by atoms with E-state index in [0.29, 0.717) is 0 Å². The largest absolute Gasteiger partial charge is 0.396 e. The first-order valence-electron chi connectivity index (χ1n) is 5.78. The second-order valence-electron chi connectivity index (χ2n) is 3.66. The summed E-state index contributed by atoms with van der Waals surface area (Å²) in [6, 6.07) is 0.101. The van der Waals surface area contributed by atoms with Crippen molar-refractivity contribution in [2.24, 2.45) is 0 Å². The molecule has 90 valence electrons. The number of nitrogens with zero attached hydrogens (tertiary/aromatic N) is 2. The monoisotopic (exact) mass is 216 g/mol. The van der Waals surface area contributed by atoms with E-state index in [1.54, 1.807) is 4.90 Å². The zero-order valence-electron chi connectivity index (χ0n) is 10.2. The molecule has 0 aromatic rings. The minimum absolute atomic E-state index is 0.101. The smallest absolute Gasteiger partial charge is 0.319 e. The van der Waals surface area contributed by atoms with Gasteiger partial charge in [-0.1, -0.05) is 0 Å². The van der Waals surface area contributed by atoms with E-state index in [9.17, 15) is 4.79 Å². The normalized spacial score (nSPS) is 10.1. The van der Waals surface area contributed by atoms with E-state index >= 15 is 0 Å². The van der Waals surface area contributed by atoms with Gasteiger partial charge in [0.2, 0.25) is 0 Å². The Balaban J connectivity index is 3.77. The van der Waals surface area contributed by atoms with Gasteiger partial charge in [0, 0.05) is 33.3 Å². The van der Waals surface area contributed by atoms with Crippen molar-refractivity contribution >= 4 is 6.03 Å². The molecule has 0 bridgehead atoms. The number of unbranched alkanes of at least 4 members (excludes halogenated alkanes) is 2. The van der Waals surface area contributed by atoms with Gasteiger partial charge in [-0.3, -0.25) is 0 Å². The lowest BCUT2D eigenvalue weighted by Crippen LogP contribution is -2.41. The molecule has 0 radical (unpaired) electrons. The second kappa shape index (κ2) is 8.53. The molecule has 0 aromatic carbocycles. The van der Waals surface area contributed by atoms with Crippen LogP contribution in [0.5, 0.6) is 0 Å². The fraction of sp³-hybridized carbons (Fsp3) is 0.909. The average molecular weight is 216 g/mol. The van der Waals surface area contributed by atoms with Crippen LogP contribution < -0.4 is 0 Å². The van der Waals surface area contributed by atoms with Gasteiger partial charge in [-0.05, 0) is 33.1 Å². The van der Waals surface area contributed by atoms with Crippen molar-refractivity contribution in [2.45, 2.75) is 33.1 Å². The minimum atomic E-state index is 0.101.